The molecule has 0 spiro atoms. The molecule has 0 bridgehead atoms. The van der Waals surface area contributed by atoms with Crippen molar-refractivity contribution in [3.8, 4) is 0 Å². The van der Waals surface area contributed by atoms with E-state index < -0.39 is 0 Å². The average molecular weight is 304 g/mol. The summed E-state index contributed by atoms with van der Waals surface area (Å²) in [6.45, 7) is 0. The predicted octanol–water partition coefficient (Wildman–Crippen LogP) is 3.70. The number of hydrogen-bond donors (Lipinski definition) is 1. The van der Waals surface area contributed by atoms with Gasteiger partial charge in [-0.1, -0.05) is 23.7 Å². The van der Waals surface area contributed by atoms with Crippen LogP contribution in [0, 0.1) is 0 Å². The zero-order valence-corrected chi connectivity index (χ0v) is 11.9. The smallest absolute Gasteiger partial charge is 0.248 e. The van der Waals surface area contributed by atoms with Crippen LogP contribution in [0.1, 0.15) is 5.69 Å². The molecule has 0 radical (unpaired) electrons. The van der Waals surface area contributed by atoms with Crippen LogP contribution in [0.4, 0.5) is 5.69 Å². The fourth-order valence-corrected chi connectivity index (χ4v) is 2.65. The lowest BCUT2D eigenvalue weighted by atomic mass is 10.3. The third-order valence-electron chi connectivity index (χ3n) is 2.71. The van der Waals surface area contributed by atoms with Crippen molar-refractivity contribution in [1.82, 2.24) is 9.38 Å². The second-order valence-corrected chi connectivity index (χ2v) is 5.32. The summed E-state index contributed by atoms with van der Waals surface area (Å²) in [4.78, 5) is 17.0. The van der Waals surface area contributed by atoms with Crippen LogP contribution in [0.5, 0.6) is 0 Å². The van der Waals surface area contributed by atoms with Gasteiger partial charge in [-0.3, -0.25) is 9.20 Å². The highest BCUT2D eigenvalue weighted by atomic mass is 35.5. The molecule has 0 aliphatic carbocycles. The van der Waals surface area contributed by atoms with E-state index in [2.05, 4.69) is 10.3 Å². The first-order valence-electron chi connectivity index (χ1n) is 5.88. The minimum absolute atomic E-state index is 0.233. The molecule has 2 aromatic heterocycles. The Labute approximate surface area is 124 Å². The van der Waals surface area contributed by atoms with Crippen molar-refractivity contribution in [3.63, 3.8) is 0 Å². The fraction of sp³-hybridized carbons (Fsp3) is 0. The van der Waals surface area contributed by atoms with Gasteiger partial charge in [-0.15, -0.1) is 11.3 Å². The summed E-state index contributed by atoms with van der Waals surface area (Å²) < 4.78 is 1.92. The topological polar surface area (TPSA) is 46.4 Å². The van der Waals surface area contributed by atoms with Crippen molar-refractivity contribution >= 4 is 45.6 Å². The number of halogens is 1. The van der Waals surface area contributed by atoms with Gasteiger partial charge in [-0.2, -0.15) is 0 Å². The van der Waals surface area contributed by atoms with Gasteiger partial charge in [-0.25, -0.2) is 4.98 Å². The molecule has 20 heavy (non-hydrogen) atoms. The largest absolute Gasteiger partial charge is 0.321 e. The molecule has 100 valence electrons. The van der Waals surface area contributed by atoms with Gasteiger partial charge >= 0.3 is 0 Å². The van der Waals surface area contributed by atoms with Crippen molar-refractivity contribution in [1.29, 1.82) is 0 Å². The maximum absolute atomic E-state index is 11.9. The zero-order valence-electron chi connectivity index (χ0n) is 10.3. The predicted molar refractivity (Wildman–Crippen MR) is 82.2 cm³/mol. The van der Waals surface area contributed by atoms with E-state index in [9.17, 15) is 4.79 Å². The Bertz CT molecular complexity index is 790. The SMILES string of the molecule is O=C(/C=C/c1cnc2sccn12)Nc1ccccc1Cl. The number of hydrogen-bond acceptors (Lipinski definition) is 3. The van der Waals surface area contributed by atoms with Crippen molar-refractivity contribution in [2.24, 2.45) is 0 Å². The maximum Gasteiger partial charge on any atom is 0.248 e. The number of anilines is 1. The minimum Gasteiger partial charge on any atom is -0.321 e. The van der Waals surface area contributed by atoms with Crippen LogP contribution in [0.2, 0.25) is 5.02 Å². The van der Waals surface area contributed by atoms with Crippen LogP contribution in [-0.2, 0) is 4.79 Å². The van der Waals surface area contributed by atoms with Crippen molar-refractivity contribution in [2.45, 2.75) is 0 Å². The van der Waals surface area contributed by atoms with Crippen LogP contribution in [-0.4, -0.2) is 15.3 Å². The Hall–Kier alpha value is -2.11. The van der Waals surface area contributed by atoms with Crippen molar-refractivity contribution < 1.29 is 4.79 Å². The molecule has 3 rings (SSSR count). The summed E-state index contributed by atoms with van der Waals surface area (Å²) >= 11 is 7.53. The number of imidazole rings is 1. The highest BCUT2D eigenvalue weighted by Gasteiger charge is 2.03. The van der Waals surface area contributed by atoms with Gasteiger partial charge < -0.3 is 5.32 Å². The number of thiazole rings is 1. The molecular weight excluding hydrogens is 294 g/mol. The van der Waals surface area contributed by atoms with Crippen LogP contribution in [0.3, 0.4) is 0 Å². The number of rotatable bonds is 3. The van der Waals surface area contributed by atoms with Gasteiger partial charge in [0.2, 0.25) is 5.91 Å². The highest BCUT2D eigenvalue weighted by Crippen LogP contribution is 2.20. The summed E-state index contributed by atoms with van der Waals surface area (Å²) in [6.07, 6.45) is 6.83. The number of carbonyl (C=O) groups is 1. The quantitative estimate of drug-likeness (QED) is 0.750. The Kier molecular flexibility index (Phi) is 3.54. The van der Waals surface area contributed by atoms with E-state index in [1.165, 1.54) is 6.08 Å². The lowest BCUT2D eigenvalue weighted by molar-refractivity contribution is -0.111. The summed E-state index contributed by atoms with van der Waals surface area (Å²) in [7, 11) is 0. The number of nitrogens with zero attached hydrogens (tertiary/aromatic N) is 2. The Morgan fingerprint density at radius 2 is 2.25 bits per heavy atom. The number of benzene rings is 1. The summed E-state index contributed by atoms with van der Waals surface area (Å²) in [6, 6.07) is 7.11. The number of para-hydroxylation sites is 1. The van der Waals surface area contributed by atoms with Gasteiger partial charge in [0, 0.05) is 17.7 Å². The summed E-state index contributed by atoms with van der Waals surface area (Å²) in [5, 5.41) is 5.19. The van der Waals surface area contributed by atoms with Crippen LogP contribution >= 0.6 is 22.9 Å². The van der Waals surface area contributed by atoms with E-state index in [1.807, 2.05) is 28.1 Å². The van der Waals surface area contributed by atoms with E-state index in [-0.39, 0.29) is 5.91 Å². The molecule has 0 aliphatic rings. The van der Waals surface area contributed by atoms with E-state index in [1.54, 1.807) is 35.7 Å². The number of fused-ring (bicyclic) bond motifs is 1. The molecule has 1 N–H and O–H groups in total. The van der Waals surface area contributed by atoms with Gasteiger partial charge in [0.05, 0.1) is 22.6 Å². The molecule has 2 heterocycles. The minimum atomic E-state index is -0.233. The van der Waals surface area contributed by atoms with E-state index in [0.717, 1.165) is 10.7 Å². The molecule has 1 aromatic carbocycles. The molecule has 0 saturated carbocycles. The first-order valence-corrected chi connectivity index (χ1v) is 7.14. The van der Waals surface area contributed by atoms with Gasteiger partial charge in [-0.05, 0) is 18.2 Å². The summed E-state index contributed by atoms with van der Waals surface area (Å²) in [5.74, 6) is -0.233. The number of aromatic nitrogens is 2. The van der Waals surface area contributed by atoms with Gasteiger partial charge in [0.15, 0.2) is 4.96 Å². The maximum atomic E-state index is 11.9. The first-order chi connectivity index (χ1) is 9.74. The first kappa shape index (κ1) is 12.9. The van der Waals surface area contributed by atoms with Crippen molar-refractivity contribution in [2.75, 3.05) is 5.32 Å². The van der Waals surface area contributed by atoms with E-state index in [4.69, 9.17) is 11.6 Å². The van der Waals surface area contributed by atoms with E-state index >= 15 is 0 Å². The molecule has 0 unspecified atom stereocenters. The number of amides is 1. The summed E-state index contributed by atoms with van der Waals surface area (Å²) in [5.41, 5.74) is 1.45. The van der Waals surface area contributed by atoms with Crippen LogP contribution < -0.4 is 5.32 Å². The number of nitrogens with one attached hydrogen (secondary N) is 1. The van der Waals surface area contributed by atoms with Gasteiger partial charge in [0.25, 0.3) is 0 Å². The fourth-order valence-electron chi connectivity index (χ4n) is 1.77. The zero-order chi connectivity index (χ0) is 13.9. The molecule has 0 saturated heterocycles. The lowest BCUT2D eigenvalue weighted by Gasteiger charge is -2.03. The Morgan fingerprint density at radius 3 is 3.10 bits per heavy atom. The monoisotopic (exact) mass is 303 g/mol. The molecule has 4 nitrogen and oxygen atoms in total. The lowest BCUT2D eigenvalue weighted by Crippen LogP contribution is -2.08. The third kappa shape index (κ3) is 2.59. The molecule has 0 atom stereocenters. The van der Waals surface area contributed by atoms with Crippen LogP contribution in [0.25, 0.3) is 11.0 Å². The molecule has 0 fully saturated rings. The molecular formula is C14H10ClN3OS. The van der Waals surface area contributed by atoms with Crippen molar-refractivity contribution in [3.05, 3.63) is 58.8 Å². The molecule has 0 aliphatic heterocycles. The second-order valence-electron chi connectivity index (χ2n) is 4.04. The molecule has 1 amide bonds. The van der Waals surface area contributed by atoms with Crippen LogP contribution in [0.15, 0.2) is 48.1 Å². The molecule has 6 heteroatoms. The Balaban J connectivity index is 1.75. The van der Waals surface area contributed by atoms with E-state index in [0.29, 0.717) is 10.7 Å². The standard InChI is InChI=1S/C14H10ClN3OS/c15-11-3-1-2-4-12(11)17-13(19)6-5-10-9-16-14-18(10)7-8-20-14/h1-9H,(H,17,19)/b6-5+. The third-order valence-corrected chi connectivity index (χ3v) is 3.81. The van der Waals surface area contributed by atoms with Gasteiger partial charge in [0.1, 0.15) is 0 Å². The Morgan fingerprint density at radius 1 is 1.40 bits per heavy atom. The normalized spacial score (nSPS) is 11.2. The molecule has 3 aromatic rings. The second kappa shape index (κ2) is 5.48. The number of carbonyl (C=O) groups excluding carboxylic acids is 1. The average Bonchev–Trinajstić information content (AvgIpc) is 3.02. The highest BCUT2D eigenvalue weighted by molar-refractivity contribution is 7.15.